The molecule has 102 valence electrons. The van der Waals surface area contributed by atoms with Crippen molar-refractivity contribution in [2.24, 2.45) is 5.73 Å². The maximum absolute atomic E-state index is 13.2. The van der Waals surface area contributed by atoms with Gasteiger partial charge in [-0.1, -0.05) is 19.1 Å². The van der Waals surface area contributed by atoms with Crippen LogP contribution in [0.25, 0.3) is 0 Å². The Balaban J connectivity index is 2.13. The molecule has 0 saturated heterocycles. The van der Waals surface area contributed by atoms with Crippen molar-refractivity contribution in [3.63, 3.8) is 0 Å². The molecular weight excluding hydrogens is 243 g/mol. The number of halogens is 1. The van der Waals surface area contributed by atoms with Crippen molar-refractivity contribution in [1.82, 2.24) is 14.8 Å². The third-order valence-corrected chi connectivity index (χ3v) is 3.14. The Morgan fingerprint density at radius 1 is 1.42 bits per heavy atom. The monoisotopic (exact) mass is 262 g/mol. The standard InChI is InChI=1S/C14H19FN4/c1-3-6-19-14(17-9-18-19)8-13(16)11-4-5-12(15)10(2)7-11/h4-5,7,9,13H,3,6,8,16H2,1-2H3. The highest BCUT2D eigenvalue weighted by Crippen LogP contribution is 2.18. The average molecular weight is 262 g/mol. The molecule has 2 N–H and O–H groups in total. The Hall–Kier alpha value is -1.75. The van der Waals surface area contributed by atoms with Gasteiger partial charge in [0.25, 0.3) is 0 Å². The largest absolute Gasteiger partial charge is 0.324 e. The van der Waals surface area contributed by atoms with Crippen molar-refractivity contribution < 1.29 is 4.39 Å². The molecule has 1 aromatic carbocycles. The van der Waals surface area contributed by atoms with Crippen molar-refractivity contribution in [2.45, 2.75) is 39.3 Å². The van der Waals surface area contributed by atoms with E-state index in [9.17, 15) is 4.39 Å². The van der Waals surface area contributed by atoms with Crippen molar-refractivity contribution in [3.8, 4) is 0 Å². The van der Waals surface area contributed by atoms with E-state index in [0.29, 0.717) is 12.0 Å². The van der Waals surface area contributed by atoms with Gasteiger partial charge in [0, 0.05) is 19.0 Å². The van der Waals surface area contributed by atoms with Crippen LogP contribution in [0.4, 0.5) is 4.39 Å². The SMILES string of the molecule is CCCn1ncnc1CC(N)c1ccc(F)c(C)c1. The third kappa shape index (κ3) is 3.17. The number of aromatic nitrogens is 3. The fourth-order valence-corrected chi connectivity index (χ4v) is 2.06. The zero-order valence-corrected chi connectivity index (χ0v) is 11.3. The van der Waals surface area contributed by atoms with E-state index in [1.165, 1.54) is 6.07 Å². The van der Waals surface area contributed by atoms with E-state index in [0.717, 1.165) is 24.4 Å². The van der Waals surface area contributed by atoms with E-state index < -0.39 is 0 Å². The highest BCUT2D eigenvalue weighted by molar-refractivity contribution is 5.26. The predicted octanol–water partition coefficient (Wildman–Crippen LogP) is 2.38. The first-order valence-corrected chi connectivity index (χ1v) is 6.50. The summed E-state index contributed by atoms with van der Waals surface area (Å²) in [5, 5.41) is 4.17. The van der Waals surface area contributed by atoms with E-state index in [1.807, 2.05) is 4.68 Å². The van der Waals surface area contributed by atoms with Gasteiger partial charge in [-0.05, 0) is 30.5 Å². The molecule has 0 amide bonds. The molecule has 1 heterocycles. The molecule has 0 aliphatic heterocycles. The molecular formula is C14H19FN4. The maximum Gasteiger partial charge on any atom is 0.138 e. The lowest BCUT2D eigenvalue weighted by Gasteiger charge is -2.13. The van der Waals surface area contributed by atoms with Gasteiger partial charge in [0.15, 0.2) is 0 Å². The lowest BCUT2D eigenvalue weighted by atomic mass is 10.0. The summed E-state index contributed by atoms with van der Waals surface area (Å²) in [6.07, 6.45) is 3.15. The van der Waals surface area contributed by atoms with Crippen LogP contribution < -0.4 is 5.73 Å². The topological polar surface area (TPSA) is 56.7 Å². The van der Waals surface area contributed by atoms with Crippen LogP contribution in [0.2, 0.25) is 0 Å². The number of hydrogen-bond donors (Lipinski definition) is 1. The smallest absolute Gasteiger partial charge is 0.138 e. The van der Waals surface area contributed by atoms with E-state index in [-0.39, 0.29) is 11.9 Å². The fraction of sp³-hybridized carbons (Fsp3) is 0.429. The quantitative estimate of drug-likeness (QED) is 0.900. The summed E-state index contributed by atoms with van der Waals surface area (Å²) < 4.78 is 15.1. The average Bonchev–Trinajstić information content (AvgIpc) is 2.80. The minimum atomic E-state index is -0.204. The van der Waals surface area contributed by atoms with Crippen molar-refractivity contribution in [2.75, 3.05) is 0 Å². The molecule has 2 aromatic rings. The zero-order valence-electron chi connectivity index (χ0n) is 11.3. The second kappa shape index (κ2) is 5.93. The Kier molecular flexibility index (Phi) is 4.27. The van der Waals surface area contributed by atoms with Gasteiger partial charge in [0.05, 0.1) is 0 Å². The first-order chi connectivity index (χ1) is 9.11. The first-order valence-electron chi connectivity index (χ1n) is 6.50. The second-order valence-electron chi connectivity index (χ2n) is 4.72. The van der Waals surface area contributed by atoms with Gasteiger partial charge in [0.2, 0.25) is 0 Å². The van der Waals surface area contributed by atoms with Gasteiger partial charge in [-0.3, -0.25) is 4.68 Å². The van der Waals surface area contributed by atoms with Crippen molar-refractivity contribution in [3.05, 3.63) is 47.3 Å². The number of benzene rings is 1. The molecule has 4 nitrogen and oxygen atoms in total. The molecule has 19 heavy (non-hydrogen) atoms. The molecule has 1 unspecified atom stereocenters. The van der Waals surface area contributed by atoms with Crippen LogP contribution in [0.1, 0.15) is 36.3 Å². The molecule has 0 radical (unpaired) electrons. The predicted molar refractivity (Wildman–Crippen MR) is 72.1 cm³/mol. The van der Waals surface area contributed by atoms with Gasteiger partial charge in [-0.2, -0.15) is 5.10 Å². The van der Waals surface area contributed by atoms with Crippen LogP contribution in [-0.4, -0.2) is 14.8 Å². The molecule has 1 atom stereocenters. The van der Waals surface area contributed by atoms with Gasteiger partial charge < -0.3 is 5.73 Å². The summed E-state index contributed by atoms with van der Waals surface area (Å²) in [5.41, 5.74) is 7.70. The molecule has 5 heteroatoms. The minimum Gasteiger partial charge on any atom is -0.324 e. The Morgan fingerprint density at radius 2 is 2.21 bits per heavy atom. The second-order valence-corrected chi connectivity index (χ2v) is 4.72. The van der Waals surface area contributed by atoms with Gasteiger partial charge in [0.1, 0.15) is 18.0 Å². The molecule has 2 rings (SSSR count). The molecule has 1 aromatic heterocycles. The number of rotatable bonds is 5. The summed E-state index contributed by atoms with van der Waals surface area (Å²) in [4.78, 5) is 4.24. The van der Waals surface area contributed by atoms with Crippen LogP contribution in [0.15, 0.2) is 24.5 Å². The first kappa shape index (κ1) is 13.7. The Morgan fingerprint density at radius 3 is 2.89 bits per heavy atom. The highest BCUT2D eigenvalue weighted by atomic mass is 19.1. The van der Waals surface area contributed by atoms with Crippen LogP contribution in [0.3, 0.4) is 0 Å². The molecule has 0 bridgehead atoms. The number of aryl methyl sites for hydroxylation is 2. The van der Waals surface area contributed by atoms with E-state index >= 15 is 0 Å². The van der Waals surface area contributed by atoms with E-state index in [1.54, 1.807) is 25.4 Å². The number of nitrogens with zero attached hydrogens (tertiary/aromatic N) is 3. The van der Waals surface area contributed by atoms with Gasteiger partial charge in [-0.15, -0.1) is 0 Å². The fourth-order valence-electron chi connectivity index (χ4n) is 2.06. The van der Waals surface area contributed by atoms with E-state index in [2.05, 4.69) is 17.0 Å². The molecule has 0 aliphatic carbocycles. The van der Waals surface area contributed by atoms with E-state index in [4.69, 9.17) is 5.73 Å². The summed E-state index contributed by atoms with van der Waals surface area (Å²) in [6.45, 7) is 4.67. The van der Waals surface area contributed by atoms with Crippen LogP contribution in [-0.2, 0) is 13.0 Å². The molecule has 0 fully saturated rings. The summed E-state index contributed by atoms with van der Waals surface area (Å²) >= 11 is 0. The van der Waals surface area contributed by atoms with Gasteiger partial charge in [-0.25, -0.2) is 9.37 Å². The zero-order chi connectivity index (χ0) is 13.8. The molecule has 0 spiro atoms. The van der Waals surface area contributed by atoms with Crippen LogP contribution >= 0.6 is 0 Å². The van der Waals surface area contributed by atoms with Crippen LogP contribution in [0, 0.1) is 12.7 Å². The van der Waals surface area contributed by atoms with Gasteiger partial charge >= 0.3 is 0 Å². The summed E-state index contributed by atoms with van der Waals surface area (Å²) in [7, 11) is 0. The van der Waals surface area contributed by atoms with Crippen molar-refractivity contribution >= 4 is 0 Å². The normalized spacial score (nSPS) is 12.6. The lowest BCUT2D eigenvalue weighted by Crippen LogP contribution is -2.17. The Labute approximate surface area is 112 Å². The number of hydrogen-bond acceptors (Lipinski definition) is 3. The summed E-state index contributed by atoms with van der Waals surface area (Å²) in [5.74, 6) is 0.668. The number of nitrogens with two attached hydrogens (primary N) is 1. The Bertz CT molecular complexity index is 550. The minimum absolute atomic E-state index is 0.195. The summed E-state index contributed by atoms with van der Waals surface area (Å²) in [6, 6.07) is 4.79. The lowest BCUT2D eigenvalue weighted by molar-refractivity contribution is 0.547. The van der Waals surface area contributed by atoms with Crippen LogP contribution in [0.5, 0.6) is 0 Å². The maximum atomic E-state index is 13.2. The highest BCUT2D eigenvalue weighted by Gasteiger charge is 2.12. The third-order valence-electron chi connectivity index (χ3n) is 3.14. The molecule has 0 aliphatic rings. The van der Waals surface area contributed by atoms with Crippen molar-refractivity contribution in [1.29, 1.82) is 0 Å². The molecule has 0 saturated carbocycles.